The third-order valence-corrected chi connectivity index (χ3v) is 6.96. The highest BCUT2D eigenvalue weighted by molar-refractivity contribution is 5.85. The van der Waals surface area contributed by atoms with Crippen molar-refractivity contribution in [1.82, 2.24) is 19.5 Å². The molecule has 3 aromatic heterocycles. The Morgan fingerprint density at radius 2 is 1.92 bits per heavy atom. The Morgan fingerprint density at radius 3 is 2.50 bits per heavy atom. The predicted octanol–water partition coefficient (Wildman–Crippen LogP) is 3.72. The maximum atomic E-state index is 12.5. The number of pyridine rings is 2. The highest BCUT2D eigenvalue weighted by Crippen LogP contribution is 2.49. The highest BCUT2D eigenvalue weighted by atomic mass is 16.6. The largest absolute Gasteiger partial charge is 0.489 e. The quantitative estimate of drug-likeness (QED) is 0.525. The zero-order valence-corrected chi connectivity index (χ0v) is 22.7. The first-order valence-electron chi connectivity index (χ1n) is 12.8. The van der Waals surface area contributed by atoms with Gasteiger partial charge in [0.05, 0.1) is 29.1 Å². The van der Waals surface area contributed by atoms with E-state index in [1.807, 2.05) is 46.0 Å². The number of carbonyl (C=O) groups is 1. The van der Waals surface area contributed by atoms with Crippen molar-refractivity contribution in [2.75, 3.05) is 31.6 Å². The van der Waals surface area contributed by atoms with Crippen LogP contribution in [-0.2, 0) is 4.74 Å². The minimum Gasteiger partial charge on any atom is -0.489 e. The highest BCUT2D eigenvalue weighted by Gasteiger charge is 2.59. The second-order valence-corrected chi connectivity index (χ2v) is 11.9. The number of fused-ring (bicyclic) bond motifs is 2. The first-order chi connectivity index (χ1) is 17.8. The molecule has 2 aliphatic rings. The van der Waals surface area contributed by atoms with E-state index in [2.05, 4.69) is 16.1 Å². The van der Waals surface area contributed by atoms with Crippen LogP contribution in [-0.4, -0.2) is 74.7 Å². The van der Waals surface area contributed by atoms with Crippen LogP contribution in [0.1, 0.15) is 40.2 Å². The van der Waals surface area contributed by atoms with E-state index in [4.69, 9.17) is 14.5 Å². The van der Waals surface area contributed by atoms with Gasteiger partial charge in [-0.1, -0.05) is 0 Å². The Kier molecular flexibility index (Phi) is 6.22. The Morgan fingerprint density at radius 1 is 1.21 bits per heavy atom. The summed E-state index contributed by atoms with van der Waals surface area (Å²) in [6.45, 7) is 10.8. The molecule has 5 rings (SSSR count). The van der Waals surface area contributed by atoms with Gasteiger partial charge in [-0.25, -0.2) is 14.3 Å². The average molecular weight is 519 g/mol. The molecule has 1 saturated heterocycles. The van der Waals surface area contributed by atoms with Crippen LogP contribution in [0.15, 0.2) is 36.8 Å². The van der Waals surface area contributed by atoms with Gasteiger partial charge in [0.15, 0.2) is 0 Å². The standard InChI is InChI=1S/C28H34N6O4/c1-27(2,3)38-26(35)32(6)25-21-14-33(15-22(21)25)23-8-7-17(11-30-23)20-9-19(37-16-28(4,5)36)13-34-24(20)18(10-29)12-31-34/h7-9,11-13,21-22,25,36H,14-16H2,1-6H3/t21-,22+,25-. The molecule has 0 bridgehead atoms. The van der Waals surface area contributed by atoms with Crippen LogP contribution in [0, 0.1) is 23.2 Å². The van der Waals surface area contributed by atoms with Crippen molar-refractivity contribution in [2.45, 2.75) is 51.9 Å². The molecule has 200 valence electrons. The molecule has 1 N–H and O–H groups in total. The zero-order chi connectivity index (χ0) is 27.4. The molecule has 0 spiro atoms. The normalized spacial score (nSPS) is 20.7. The van der Waals surface area contributed by atoms with Crippen LogP contribution < -0.4 is 9.64 Å². The Balaban J connectivity index is 1.32. The summed E-state index contributed by atoms with van der Waals surface area (Å²) in [4.78, 5) is 21.2. The van der Waals surface area contributed by atoms with Crippen LogP contribution >= 0.6 is 0 Å². The first-order valence-corrected chi connectivity index (χ1v) is 12.8. The van der Waals surface area contributed by atoms with Gasteiger partial charge in [0, 0.05) is 55.3 Å². The van der Waals surface area contributed by atoms with E-state index in [9.17, 15) is 15.2 Å². The number of nitriles is 1. The van der Waals surface area contributed by atoms with E-state index in [-0.39, 0.29) is 18.7 Å². The van der Waals surface area contributed by atoms with Crippen LogP contribution in [0.5, 0.6) is 5.75 Å². The SMILES string of the molecule is CN(C(=O)OC(C)(C)C)[C@@H]1[C@@H]2CN(c3ccc(-c4cc(OCC(C)(C)O)cn5ncc(C#N)c45)cn3)C[C@@H]21. The van der Waals surface area contributed by atoms with Gasteiger partial charge in [-0.05, 0) is 52.8 Å². The fourth-order valence-electron chi connectivity index (χ4n) is 5.18. The van der Waals surface area contributed by atoms with Gasteiger partial charge in [-0.2, -0.15) is 10.4 Å². The van der Waals surface area contributed by atoms with Crippen molar-refractivity contribution in [3.63, 3.8) is 0 Å². The van der Waals surface area contributed by atoms with Gasteiger partial charge < -0.3 is 24.4 Å². The number of aliphatic hydroxyl groups is 1. The molecule has 4 heterocycles. The number of carbonyl (C=O) groups excluding carboxylic acids is 1. The van der Waals surface area contributed by atoms with Gasteiger partial charge in [0.25, 0.3) is 0 Å². The molecule has 3 atom stereocenters. The average Bonchev–Trinajstić information content (AvgIpc) is 3.17. The number of amides is 1. The molecule has 3 aromatic rings. The number of hydrogen-bond acceptors (Lipinski definition) is 8. The predicted molar refractivity (Wildman–Crippen MR) is 142 cm³/mol. The number of nitrogens with zero attached hydrogens (tertiary/aromatic N) is 6. The van der Waals surface area contributed by atoms with Crippen LogP contribution in [0.4, 0.5) is 10.6 Å². The van der Waals surface area contributed by atoms with Crippen molar-refractivity contribution < 1.29 is 19.4 Å². The summed E-state index contributed by atoms with van der Waals surface area (Å²) in [5.74, 6) is 2.22. The van der Waals surface area contributed by atoms with E-state index < -0.39 is 11.2 Å². The topological polar surface area (TPSA) is 116 Å². The van der Waals surface area contributed by atoms with Crippen molar-refractivity contribution in [3.8, 4) is 22.9 Å². The third kappa shape index (κ3) is 5.11. The second-order valence-electron chi connectivity index (χ2n) is 11.9. The molecule has 1 aliphatic heterocycles. The van der Waals surface area contributed by atoms with Gasteiger partial charge in [-0.15, -0.1) is 0 Å². The number of ether oxygens (including phenoxy) is 2. The smallest absolute Gasteiger partial charge is 0.410 e. The summed E-state index contributed by atoms with van der Waals surface area (Å²) in [5.41, 5.74) is 1.24. The minimum atomic E-state index is -0.989. The summed E-state index contributed by atoms with van der Waals surface area (Å²) in [6.07, 6.45) is 4.76. The number of piperidine rings is 1. The lowest BCUT2D eigenvalue weighted by molar-refractivity contribution is 0.0266. The second kappa shape index (κ2) is 9.17. The molecule has 0 unspecified atom stereocenters. The Hall–Kier alpha value is -3.84. The monoisotopic (exact) mass is 518 g/mol. The molecule has 10 nitrogen and oxygen atoms in total. The molecular weight excluding hydrogens is 484 g/mol. The van der Waals surface area contributed by atoms with Gasteiger partial charge in [0.2, 0.25) is 0 Å². The van der Waals surface area contributed by atoms with Crippen molar-refractivity contribution in [1.29, 1.82) is 5.26 Å². The third-order valence-electron chi connectivity index (χ3n) is 6.96. The van der Waals surface area contributed by atoms with Crippen LogP contribution in [0.2, 0.25) is 0 Å². The number of hydrogen-bond donors (Lipinski definition) is 1. The van der Waals surface area contributed by atoms with E-state index in [0.717, 1.165) is 30.0 Å². The summed E-state index contributed by atoms with van der Waals surface area (Å²) in [5, 5.41) is 24.0. The van der Waals surface area contributed by atoms with Crippen LogP contribution in [0.25, 0.3) is 16.6 Å². The fourth-order valence-corrected chi connectivity index (χ4v) is 5.18. The van der Waals surface area contributed by atoms with Gasteiger partial charge >= 0.3 is 6.09 Å². The molecule has 0 radical (unpaired) electrons. The summed E-state index contributed by atoms with van der Waals surface area (Å²) in [6, 6.07) is 8.22. The number of aromatic nitrogens is 3. The maximum Gasteiger partial charge on any atom is 0.410 e. The molecule has 2 fully saturated rings. The number of anilines is 1. The lowest BCUT2D eigenvalue weighted by atomic mass is 10.1. The Bertz CT molecular complexity index is 1380. The molecule has 0 aromatic carbocycles. The lowest BCUT2D eigenvalue weighted by Crippen LogP contribution is -2.39. The molecule has 38 heavy (non-hydrogen) atoms. The van der Waals surface area contributed by atoms with E-state index in [1.165, 1.54) is 6.20 Å². The maximum absolute atomic E-state index is 12.5. The lowest BCUT2D eigenvalue weighted by Gasteiger charge is -2.28. The van der Waals surface area contributed by atoms with Crippen molar-refractivity contribution >= 4 is 17.4 Å². The van der Waals surface area contributed by atoms with Gasteiger partial charge in [-0.3, -0.25) is 0 Å². The molecular formula is C28H34N6O4. The van der Waals surface area contributed by atoms with Gasteiger partial charge in [0.1, 0.15) is 29.8 Å². The summed E-state index contributed by atoms with van der Waals surface area (Å²) < 4.78 is 13.0. The van der Waals surface area contributed by atoms with E-state index in [1.54, 1.807) is 35.7 Å². The number of rotatable bonds is 6. The zero-order valence-electron chi connectivity index (χ0n) is 22.7. The van der Waals surface area contributed by atoms with E-state index in [0.29, 0.717) is 28.7 Å². The van der Waals surface area contributed by atoms with Crippen LogP contribution in [0.3, 0.4) is 0 Å². The molecule has 1 amide bonds. The minimum absolute atomic E-state index is 0.114. The molecule has 1 aliphatic carbocycles. The molecule has 10 heteroatoms. The fraction of sp³-hybridized carbons (Fsp3) is 0.500. The summed E-state index contributed by atoms with van der Waals surface area (Å²) >= 11 is 0. The first kappa shape index (κ1) is 25.8. The van der Waals surface area contributed by atoms with E-state index >= 15 is 0 Å². The van der Waals surface area contributed by atoms with Crippen molar-refractivity contribution in [3.05, 3.63) is 42.4 Å². The summed E-state index contributed by atoms with van der Waals surface area (Å²) in [7, 11) is 1.82. The Labute approximate surface area is 222 Å². The van der Waals surface area contributed by atoms with Crippen molar-refractivity contribution in [2.24, 2.45) is 11.8 Å². The molecule has 1 saturated carbocycles.